The fourth-order valence-corrected chi connectivity index (χ4v) is 1.91. The number of aromatic nitrogens is 2. The maximum atomic E-state index is 11.7. The molecule has 7 nitrogen and oxygen atoms in total. The highest BCUT2D eigenvalue weighted by Crippen LogP contribution is 2.04. The van der Waals surface area contributed by atoms with E-state index in [9.17, 15) is 9.59 Å². The van der Waals surface area contributed by atoms with E-state index in [0.29, 0.717) is 13.0 Å². The van der Waals surface area contributed by atoms with Gasteiger partial charge in [0.2, 0.25) is 0 Å². The van der Waals surface area contributed by atoms with Crippen molar-refractivity contribution < 1.29 is 14.7 Å². The highest BCUT2D eigenvalue weighted by Gasteiger charge is 2.17. The Balaban J connectivity index is 2.30. The van der Waals surface area contributed by atoms with Crippen LogP contribution in [0.1, 0.15) is 26.7 Å². The van der Waals surface area contributed by atoms with Crippen LogP contribution in [0.25, 0.3) is 0 Å². The summed E-state index contributed by atoms with van der Waals surface area (Å²) < 4.78 is 1.86. The molecule has 2 amide bonds. The monoisotopic (exact) mass is 282 g/mol. The van der Waals surface area contributed by atoms with E-state index in [0.717, 1.165) is 6.42 Å². The van der Waals surface area contributed by atoms with Crippen LogP contribution in [0, 0.1) is 5.92 Å². The van der Waals surface area contributed by atoms with E-state index < -0.39 is 11.9 Å². The molecule has 1 aromatic rings. The molecule has 7 heteroatoms. The van der Waals surface area contributed by atoms with Crippen LogP contribution < -0.4 is 10.6 Å². The fourth-order valence-electron chi connectivity index (χ4n) is 1.91. The number of rotatable bonds is 8. The van der Waals surface area contributed by atoms with E-state index in [1.165, 1.54) is 0 Å². The third-order valence-corrected chi connectivity index (χ3v) is 2.92. The number of hydrogen-bond acceptors (Lipinski definition) is 3. The van der Waals surface area contributed by atoms with Crippen LogP contribution in [0.4, 0.5) is 4.79 Å². The number of carboxylic acid groups (broad SMARTS) is 1. The van der Waals surface area contributed by atoms with Gasteiger partial charge in [-0.25, -0.2) is 9.78 Å². The van der Waals surface area contributed by atoms with Crippen molar-refractivity contribution in [2.24, 2.45) is 5.92 Å². The van der Waals surface area contributed by atoms with Gasteiger partial charge in [0.1, 0.15) is 0 Å². The minimum atomic E-state index is -0.876. The van der Waals surface area contributed by atoms with Crippen molar-refractivity contribution in [1.82, 2.24) is 20.2 Å². The zero-order valence-corrected chi connectivity index (χ0v) is 11.9. The molecular weight excluding hydrogens is 260 g/mol. The standard InChI is InChI=1S/C13H22N4O3/c1-3-4-11(12(18)19)7-15-13(20)16-10(2)8-17-6-5-14-9-17/h5-6,9-11H,3-4,7-8H2,1-2H3,(H,18,19)(H2,15,16,20). The van der Waals surface area contributed by atoms with Gasteiger partial charge in [0.05, 0.1) is 12.2 Å². The first kappa shape index (κ1) is 16.0. The molecule has 0 bridgehead atoms. The molecule has 1 heterocycles. The van der Waals surface area contributed by atoms with Gasteiger partial charge in [0.15, 0.2) is 0 Å². The lowest BCUT2D eigenvalue weighted by Crippen LogP contribution is -2.44. The van der Waals surface area contributed by atoms with E-state index in [4.69, 9.17) is 5.11 Å². The number of carbonyl (C=O) groups is 2. The number of nitrogens with one attached hydrogen (secondary N) is 2. The van der Waals surface area contributed by atoms with E-state index in [1.807, 2.05) is 24.6 Å². The maximum Gasteiger partial charge on any atom is 0.315 e. The van der Waals surface area contributed by atoms with Crippen LogP contribution in [0.5, 0.6) is 0 Å². The Hall–Kier alpha value is -2.05. The molecule has 0 aliphatic heterocycles. The summed E-state index contributed by atoms with van der Waals surface area (Å²) in [6.07, 6.45) is 6.50. The molecule has 2 unspecified atom stereocenters. The normalized spacial score (nSPS) is 13.5. The smallest absolute Gasteiger partial charge is 0.315 e. The number of imidazole rings is 1. The van der Waals surface area contributed by atoms with Crippen molar-refractivity contribution >= 4 is 12.0 Å². The molecular formula is C13H22N4O3. The lowest BCUT2D eigenvalue weighted by molar-refractivity contribution is -0.141. The molecule has 0 radical (unpaired) electrons. The summed E-state index contributed by atoms with van der Waals surface area (Å²) in [5, 5.41) is 14.4. The molecule has 2 atom stereocenters. The van der Waals surface area contributed by atoms with Crippen LogP contribution in [-0.2, 0) is 11.3 Å². The SMILES string of the molecule is CCCC(CNC(=O)NC(C)Cn1ccnc1)C(=O)O. The molecule has 0 aromatic carbocycles. The van der Waals surface area contributed by atoms with Gasteiger partial charge in [-0.2, -0.15) is 0 Å². The molecule has 0 aliphatic carbocycles. The van der Waals surface area contributed by atoms with Gasteiger partial charge < -0.3 is 20.3 Å². The summed E-state index contributed by atoms with van der Waals surface area (Å²) >= 11 is 0. The third-order valence-electron chi connectivity index (χ3n) is 2.92. The van der Waals surface area contributed by atoms with Crippen molar-refractivity contribution in [3.8, 4) is 0 Å². The lowest BCUT2D eigenvalue weighted by atomic mass is 10.0. The molecule has 112 valence electrons. The van der Waals surface area contributed by atoms with E-state index >= 15 is 0 Å². The summed E-state index contributed by atoms with van der Waals surface area (Å²) in [7, 11) is 0. The highest BCUT2D eigenvalue weighted by atomic mass is 16.4. The van der Waals surface area contributed by atoms with E-state index in [2.05, 4.69) is 15.6 Å². The Morgan fingerprint density at radius 2 is 2.20 bits per heavy atom. The maximum absolute atomic E-state index is 11.7. The summed E-state index contributed by atoms with van der Waals surface area (Å²) in [5.41, 5.74) is 0. The Morgan fingerprint density at radius 3 is 2.75 bits per heavy atom. The third kappa shape index (κ3) is 5.73. The molecule has 20 heavy (non-hydrogen) atoms. The molecule has 0 saturated heterocycles. The molecule has 0 aliphatic rings. The van der Waals surface area contributed by atoms with Gasteiger partial charge >= 0.3 is 12.0 Å². The minimum Gasteiger partial charge on any atom is -0.481 e. The zero-order valence-electron chi connectivity index (χ0n) is 11.9. The van der Waals surface area contributed by atoms with E-state index in [-0.39, 0.29) is 18.6 Å². The van der Waals surface area contributed by atoms with Crippen LogP contribution in [0.3, 0.4) is 0 Å². The van der Waals surface area contributed by atoms with Crippen molar-refractivity contribution in [3.63, 3.8) is 0 Å². The zero-order chi connectivity index (χ0) is 15.0. The summed E-state index contributed by atoms with van der Waals surface area (Å²) in [5.74, 6) is -1.41. The minimum absolute atomic E-state index is 0.0707. The van der Waals surface area contributed by atoms with Gasteiger partial charge in [-0.3, -0.25) is 4.79 Å². The van der Waals surface area contributed by atoms with Gasteiger partial charge in [-0.05, 0) is 13.3 Å². The fraction of sp³-hybridized carbons (Fsp3) is 0.615. The number of carboxylic acids is 1. The lowest BCUT2D eigenvalue weighted by Gasteiger charge is -2.17. The van der Waals surface area contributed by atoms with Gasteiger partial charge in [-0.1, -0.05) is 13.3 Å². The average Bonchev–Trinajstić information content (AvgIpc) is 2.86. The van der Waals surface area contributed by atoms with Gasteiger partial charge in [-0.15, -0.1) is 0 Å². The summed E-state index contributed by atoms with van der Waals surface area (Å²) in [6, 6.07) is -0.418. The topological polar surface area (TPSA) is 96.3 Å². The molecule has 0 fully saturated rings. The van der Waals surface area contributed by atoms with Crippen LogP contribution in [-0.4, -0.2) is 39.2 Å². The molecule has 0 saturated carbocycles. The second-order valence-corrected chi connectivity index (χ2v) is 4.84. The number of amides is 2. The number of aliphatic carboxylic acids is 1. The highest BCUT2D eigenvalue weighted by molar-refractivity contribution is 5.76. The van der Waals surface area contributed by atoms with Crippen molar-refractivity contribution in [1.29, 1.82) is 0 Å². The Bertz CT molecular complexity index is 419. The first-order chi connectivity index (χ1) is 9.52. The number of carbonyl (C=O) groups excluding carboxylic acids is 1. The Kier molecular flexibility index (Phi) is 6.55. The van der Waals surface area contributed by atoms with Crippen LogP contribution >= 0.6 is 0 Å². The van der Waals surface area contributed by atoms with Crippen molar-refractivity contribution in [3.05, 3.63) is 18.7 Å². The molecule has 1 rings (SSSR count). The van der Waals surface area contributed by atoms with Crippen molar-refractivity contribution in [2.75, 3.05) is 6.54 Å². The average molecular weight is 282 g/mol. The second-order valence-electron chi connectivity index (χ2n) is 4.84. The van der Waals surface area contributed by atoms with E-state index in [1.54, 1.807) is 12.5 Å². The quantitative estimate of drug-likeness (QED) is 0.664. The number of urea groups is 1. The Labute approximate surface area is 118 Å². The molecule has 3 N–H and O–H groups in total. The Morgan fingerprint density at radius 1 is 1.45 bits per heavy atom. The largest absolute Gasteiger partial charge is 0.481 e. The summed E-state index contributed by atoms with van der Waals surface area (Å²) in [4.78, 5) is 26.6. The number of nitrogens with zero attached hydrogens (tertiary/aromatic N) is 2. The second kappa shape index (κ2) is 8.19. The molecule has 0 spiro atoms. The number of hydrogen-bond donors (Lipinski definition) is 3. The van der Waals surface area contributed by atoms with Crippen molar-refractivity contribution in [2.45, 2.75) is 39.3 Å². The van der Waals surface area contributed by atoms with Crippen LogP contribution in [0.15, 0.2) is 18.7 Å². The van der Waals surface area contributed by atoms with Gasteiger partial charge in [0, 0.05) is 31.5 Å². The predicted octanol–water partition coefficient (Wildman–Crippen LogP) is 1.07. The first-order valence-electron chi connectivity index (χ1n) is 6.75. The van der Waals surface area contributed by atoms with Crippen LogP contribution in [0.2, 0.25) is 0 Å². The first-order valence-corrected chi connectivity index (χ1v) is 6.75. The van der Waals surface area contributed by atoms with Gasteiger partial charge in [0.25, 0.3) is 0 Å². The summed E-state index contributed by atoms with van der Waals surface area (Å²) in [6.45, 7) is 4.56. The predicted molar refractivity (Wildman–Crippen MR) is 74.3 cm³/mol. The molecule has 1 aromatic heterocycles.